The van der Waals surface area contributed by atoms with E-state index in [-0.39, 0.29) is 15.8 Å². The summed E-state index contributed by atoms with van der Waals surface area (Å²) in [7, 11) is -4.01. The monoisotopic (exact) mass is 461 g/mol. The number of hydrogen-bond donors (Lipinski definition) is 2. The number of fused-ring (bicyclic) bond motifs is 2. The summed E-state index contributed by atoms with van der Waals surface area (Å²) in [6.07, 6.45) is 1.32. The number of rotatable bonds is 3. The van der Waals surface area contributed by atoms with Crippen molar-refractivity contribution < 1.29 is 21.6 Å². The summed E-state index contributed by atoms with van der Waals surface area (Å²) in [4.78, 5) is 0.105. The van der Waals surface area contributed by atoms with E-state index in [1.54, 1.807) is 18.2 Å². The number of nitrogens with zero attached hydrogens (tertiary/aromatic N) is 1. The Morgan fingerprint density at radius 3 is 2.59 bits per heavy atom. The van der Waals surface area contributed by atoms with Gasteiger partial charge in [0.2, 0.25) is 0 Å². The predicted octanol–water partition coefficient (Wildman–Crippen LogP) is 4.63. The maximum atomic E-state index is 13.6. The van der Waals surface area contributed by atoms with Crippen LogP contribution in [0.25, 0.3) is 16.5 Å². The van der Waals surface area contributed by atoms with Crippen LogP contribution in [-0.4, -0.2) is 32.0 Å². The molecule has 9 heteroatoms. The van der Waals surface area contributed by atoms with Crippen LogP contribution < -0.4 is 10.6 Å². The smallest absolute Gasteiger partial charge is 0.385 e. The number of benzene rings is 2. The highest BCUT2D eigenvalue weighted by Gasteiger charge is 2.32. The molecule has 3 heterocycles. The van der Waals surface area contributed by atoms with Crippen molar-refractivity contribution in [2.45, 2.75) is 30.3 Å². The van der Waals surface area contributed by atoms with Crippen molar-refractivity contribution in [2.75, 3.05) is 25.0 Å². The molecule has 0 saturated carbocycles. The first-order chi connectivity index (χ1) is 15.2. The highest BCUT2D eigenvalue weighted by atomic mass is 32.2. The molecule has 0 aliphatic carbocycles. The molecule has 3 aromatic rings. The van der Waals surface area contributed by atoms with Gasteiger partial charge >= 0.3 is 6.18 Å². The number of aryl methyl sites for hydroxylation is 1. The van der Waals surface area contributed by atoms with Crippen LogP contribution in [0.2, 0.25) is 0 Å². The lowest BCUT2D eigenvalue weighted by atomic mass is 9.98. The first kappa shape index (κ1) is 21.1. The zero-order chi connectivity index (χ0) is 22.5. The molecule has 168 valence electrons. The van der Waals surface area contributed by atoms with Gasteiger partial charge in [-0.05, 0) is 67.3 Å². The largest absolute Gasteiger partial charge is 0.416 e. The van der Waals surface area contributed by atoms with Crippen LogP contribution in [0.15, 0.2) is 53.6 Å². The van der Waals surface area contributed by atoms with Crippen LogP contribution in [0.4, 0.5) is 18.9 Å². The summed E-state index contributed by atoms with van der Waals surface area (Å²) in [5.74, 6) is 0. The number of hydrogen-bond acceptors (Lipinski definition) is 4. The molecule has 2 aliphatic rings. The topological polar surface area (TPSA) is 63.1 Å². The van der Waals surface area contributed by atoms with Crippen LogP contribution in [0, 0.1) is 0 Å². The molecule has 0 spiro atoms. The summed E-state index contributed by atoms with van der Waals surface area (Å²) in [5.41, 5.74) is 2.64. The van der Waals surface area contributed by atoms with Crippen LogP contribution in [-0.2, 0) is 22.6 Å². The second-order valence-corrected chi connectivity index (χ2v) is 9.92. The Balaban J connectivity index is 1.70. The van der Waals surface area contributed by atoms with E-state index in [2.05, 4.69) is 10.6 Å². The standard InChI is InChI=1S/C23H22F3N3O2S/c24-23(25,26)17-4-6-22-19(12-17)20(15-7-10-27-11-8-15)14-29(22)32(30,31)18-5-3-16-2-1-9-28-21(16)13-18/h3-7,12-14,27-28H,1-2,8-11H2. The van der Waals surface area contributed by atoms with Gasteiger partial charge in [0.1, 0.15) is 0 Å². The van der Waals surface area contributed by atoms with Crippen LogP contribution >= 0.6 is 0 Å². The third-order valence-corrected chi connectivity index (χ3v) is 7.75. The lowest BCUT2D eigenvalue weighted by Crippen LogP contribution is -2.20. The van der Waals surface area contributed by atoms with E-state index in [0.29, 0.717) is 25.1 Å². The summed E-state index contributed by atoms with van der Waals surface area (Å²) in [5, 5.41) is 6.69. The van der Waals surface area contributed by atoms with Gasteiger partial charge in [0.05, 0.1) is 16.0 Å². The molecule has 32 heavy (non-hydrogen) atoms. The maximum absolute atomic E-state index is 13.6. The van der Waals surface area contributed by atoms with E-state index in [0.717, 1.165) is 52.3 Å². The summed E-state index contributed by atoms with van der Waals surface area (Å²) in [6, 6.07) is 8.22. The molecule has 0 fully saturated rings. The molecular weight excluding hydrogens is 439 g/mol. The van der Waals surface area contributed by atoms with Crippen molar-refractivity contribution in [3.05, 3.63) is 65.4 Å². The van der Waals surface area contributed by atoms with E-state index in [1.807, 2.05) is 6.08 Å². The van der Waals surface area contributed by atoms with Gasteiger partial charge in [-0.2, -0.15) is 13.2 Å². The third-order valence-electron chi connectivity index (χ3n) is 6.08. The van der Waals surface area contributed by atoms with Gasteiger partial charge in [-0.15, -0.1) is 0 Å². The molecule has 0 saturated heterocycles. The number of halogens is 3. The maximum Gasteiger partial charge on any atom is 0.416 e. The second-order valence-electron chi connectivity index (χ2n) is 8.11. The van der Waals surface area contributed by atoms with Gasteiger partial charge in [-0.1, -0.05) is 12.1 Å². The Morgan fingerprint density at radius 2 is 1.84 bits per heavy atom. The van der Waals surface area contributed by atoms with Crippen molar-refractivity contribution in [1.29, 1.82) is 0 Å². The first-order valence-electron chi connectivity index (χ1n) is 10.5. The minimum absolute atomic E-state index is 0.105. The van der Waals surface area contributed by atoms with Gasteiger partial charge < -0.3 is 10.6 Å². The molecule has 2 aromatic carbocycles. The van der Waals surface area contributed by atoms with Gasteiger partial charge in [0.25, 0.3) is 10.0 Å². The molecule has 1 aromatic heterocycles. The van der Waals surface area contributed by atoms with Gasteiger partial charge in [0.15, 0.2) is 0 Å². The molecule has 0 bridgehead atoms. The lowest BCUT2D eigenvalue weighted by molar-refractivity contribution is -0.137. The minimum atomic E-state index is -4.51. The Hall–Kier alpha value is -2.78. The van der Waals surface area contributed by atoms with Crippen LogP contribution in [0.3, 0.4) is 0 Å². The van der Waals surface area contributed by atoms with E-state index < -0.39 is 21.8 Å². The second kappa shape index (κ2) is 7.67. The Kier molecular flexibility index (Phi) is 5.05. The van der Waals surface area contributed by atoms with E-state index >= 15 is 0 Å². The predicted molar refractivity (Wildman–Crippen MR) is 118 cm³/mol. The normalized spacial score (nSPS) is 17.0. The molecule has 5 rings (SSSR count). The number of alkyl halides is 3. The molecule has 0 unspecified atom stereocenters. The van der Waals surface area contributed by atoms with Crippen molar-refractivity contribution in [3.63, 3.8) is 0 Å². The average Bonchev–Trinajstić information content (AvgIpc) is 3.18. The molecular formula is C23H22F3N3O2S. The Labute approximate surface area is 184 Å². The van der Waals surface area contributed by atoms with Gasteiger partial charge in [-0.3, -0.25) is 0 Å². The summed E-state index contributed by atoms with van der Waals surface area (Å²) < 4.78 is 68.5. The van der Waals surface area contributed by atoms with Crippen LogP contribution in [0.1, 0.15) is 29.5 Å². The number of anilines is 1. The zero-order valence-corrected chi connectivity index (χ0v) is 18.0. The number of nitrogens with one attached hydrogen (secondary N) is 2. The van der Waals surface area contributed by atoms with Crippen molar-refractivity contribution in [3.8, 4) is 0 Å². The van der Waals surface area contributed by atoms with E-state index in [1.165, 1.54) is 12.3 Å². The zero-order valence-electron chi connectivity index (χ0n) is 17.2. The third kappa shape index (κ3) is 3.59. The quantitative estimate of drug-likeness (QED) is 0.597. The molecule has 2 N–H and O–H groups in total. The van der Waals surface area contributed by atoms with Crippen molar-refractivity contribution >= 4 is 32.2 Å². The molecule has 0 atom stereocenters. The Bertz CT molecular complexity index is 1340. The Morgan fingerprint density at radius 1 is 1.00 bits per heavy atom. The van der Waals surface area contributed by atoms with Gasteiger partial charge in [-0.25, -0.2) is 12.4 Å². The fourth-order valence-electron chi connectivity index (χ4n) is 4.41. The fourth-order valence-corrected chi connectivity index (χ4v) is 5.81. The minimum Gasteiger partial charge on any atom is -0.385 e. The average molecular weight is 462 g/mol. The fraction of sp³-hybridized carbons (Fsp3) is 0.304. The van der Waals surface area contributed by atoms with E-state index in [4.69, 9.17) is 0 Å². The highest BCUT2D eigenvalue weighted by molar-refractivity contribution is 7.90. The number of aromatic nitrogens is 1. The SMILES string of the molecule is O=S(=O)(c1ccc2c(c1)NCCC2)n1cc(C2=CCNCC2)c2cc(C(F)(F)F)ccc21. The van der Waals surface area contributed by atoms with E-state index in [9.17, 15) is 21.6 Å². The highest BCUT2D eigenvalue weighted by Crippen LogP contribution is 2.37. The molecule has 2 aliphatic heterocycles. The van der Waals surface area contributed by atoms with Crippen molar-refractivity contribution in [2.24, 2.45) is 0 Å². The van der Waals surface area contributed by atoms with Crippen molar-refractivity contribution in [1.82, 2.24) is 9.29 Å². The molecule has 5 nitrogen and oxygen atoms in total. The first-order valence-corrected chi connectivity index (χ1v) is 11.9. The summed E-state index contributed by atoms with van der Waals surface area (Å²) >= 11 is 0. The lowest BCUT2D eigenvalue weighted by Gasteiger charge is -2.19. The molecule has 0 amide bonds. The van der Waals surface area contributed by atoms with Gasteiger partial charge in [0, 0.05) is 35.9 Å². The summed E-state index contributed by atoms with van der Waals surface area (Å²) in [6.45, 7) is 2.04. The molecule has 0 radical (unpaired) electrons. The van der Waals surface area contributed by atoms with Crippen LogP contribution in [0.5, 0.6) is 0 Å².